The lowest BCUT2D eigenvalue weighted by Crippen LogP contribution is -2.40. The number of halogens is 3. The van der Waals surface area contributed by atoms with E-state index in [0.29, 0.717) is 16.6 Å². The van der Waals surface area contributed by atoms with Crippen LogP contribution in [-0.2, 0) is 4.74 Å². The number of nitrogens with two attached hydrogens (primary N) is 1. The molecule has 6 heteroatoms. The van der Waals surface area contributed by atoms with Gasteiger partial charge in [0, 0.05) is 16.6 Å². The lowest BCUT2D eigenvalue weighted by molar-refractivity contribution is -0.00892. The van der Waals surface area contributed by atoms with Crippen LogP contribution in [0.15, 0.2) is 16.6 Å². The maximum atomic E-state index is 14.1. The van der Waals surface area contributed by atoms with E-state index in [9.17, 15) is 4.39 Å². The van der Waals surface area contributed by atoms with Crippen molar-refractivity contribution in [1.82, 2.24) is 5.43 Å². The van der Waals surface area contributed by atoms with Crippen LogP contribution in [0.3, 0.4) is 0 Å². The van der Waals surface area contributed by atoms with Gasteiger partial charge in [0.1, 0.15) is 5.82 Å². The van der Waals surface area contributed by atoms with Crippen LogP contribution in [0, 0.1) is 5.82 Å². The van der Waals surface area contributed by atoms with Gasteiger partial charge in [0.15, 0.2) is 0 Å². The van der Waals surface area contributed by atoms with Gasteiger partial charge in [-0.15, -0.1) is 0 Å². The molecule has 1 aromatic carbocycles. The van der Waals surface area contributed by atoms with Gasteiger partial charge in [0.2, 0.25) is 0 Å². The average Bonchev–Trinajstić information content (AvgIpc) is 2.41. The monoisotopic (exact) mass is 336 g/mol. The van der Waals surface area contributed by atoms with Gasteiger partial charge in [-0.05, 0) is 41.3 Å². The molecule has 1 saturated heterocycles. The van der Waals surface area contributed by atoms with E-state index in [2.05, 4.69) is 21.4 Å². The molecule has 18 heavy (non-hydrogen) atoms. The van der Waals surface area contributed by atoms with Crippen molar-refractivity contribution < 1.29 is 9.13 Å². The van der Waals surface area contributed by atoms with E-state index >= 15 is 0 Å². The molecule has 0 aliphatic carbocycles. The lowest BCUT2D eigenvalue weighted by Gasteiger charge is -2.30. The smallest absolute Gasteiger partial charge is 0.147 e. The summed E-state index contributed by atoms with van der Waals surface area (Å²) in [6, 6.07) is 3.01. The quantitative estimate of drug-likeness (QED) is 0.505. The van der Waals surface area contributed by atoms with Crippen LogP contribution in [0.25, 0.3) is 0 Å². The molecular formula is C12H15BrClFN2O. The standard InChI is InChI=1S/C12H15BrClFN2O/c13-8-5-4-7(11(15)10(8)14)12(17-16)9-3-1-2-6-18-9/h4-5,9,12,17H,1-3,6,16H2. The molecule has 1 heterocycles. The third-order valence-electron chi connectivity index (χ3n) is 3.17. The van der Waals surface area contributed by atoms with Crippen LogP contribution in [0.4, 0.5) is 4.39 Å². The van der Waals surface area contributed by atoms with E-state index in [0.717, 1.165) is 19.3 Å². The summed E-state index contributed by atoms with van der Waals surface area (Å²) in [6.07, 6.45) is 2.85. The fourth-order valence-corrected chi connectivity index (χ4v) is 2.69. The van der Waals surface area contributed by atoms with Crippen LogP contribution in [0.1, 0.15) is 30.9 Å². The highest BCUT2D eigenvalue weighted by Gasteiger charge is 2.28. The summed E-state index contributed by atoms with van der Waals surface area (Å²) in [6.45, 7) is 0.689. The van der Waals surface area contributed by atoms with Gasteiger partial charge in [-0.25, -0.2) is 4.39 Å². The molecule has 0 amide bonds. The third kappa shape index (κ3) is 2.86. The minimum atomic E-state index is -0.455. The first kappa shape index (κ1) is 14.2. The molecule has 100 valence electrons. The zero-order valence-corrected chi connectivity index (χ0v) is 12.1. The van der Waals surface area contributed by atoms with Gasteiger partial charge < -0.3 is 4.74 Å². The fourth-order valence-electron chi connectivity index (χ4n) is 2.21. The van der Waals surface area contributed by atoms with Gasteiger partial charge in [-0.3, -0.25) is 11.3 Å². The number of ether oxygens (including phenoxy) is 1. The molecule has 2 atom stereocenters. The summed E-state index contributed by atoms with van der Waals surface area (Å²) in [4.78, 5) is 0. The second-order valence-corrected chi connectivity index (χ2v) is 5.55. The molecule has 0 radical (unpaired) electrons. The summed E-state index contributed by atoms with van der Waals surface area (Å²) in [5.41, 5.74) is 3.08. The van der Waals surface area contributed by atoms with E-state index in [1.165, 1.54) is 0 Å². The molecule has 3 N–H and O–H groups in total. The Morgan fingerprint density at radius 2 is 2.28 bits per heavy atom. The Balaban J connectivity index is 2.29. The van der Waals surface area contributed by atoms with Crippen LogP contribution in [-0.4, -0.2) is 12.7 Å². The molecular weight excluding hydrogens is 323 g/mol. The van der Waals surface area contributed by atoms with Gasteiger partial charge >= 0.3 is 0 Å². The van der Waals surface area contributed by atoms with Crippen molar-refractivity contribution in [3.05, 3.63) is 33.0 Å². The molecule has 0 bridgehead atoms. The number of hydrogen-bond acceptors (Lipinski definition) is 3. The van der Waals surface area contributed by atoms with Crippen molar-refractivity contribution in [3.63, 3.8) is 0 Å². The second-order valence-electron chi connectivity index (χ2n) is 4.31. The number of hydrazine groups is 1. The van der Waals surface area contributed by atoms with Crippen molar-refractivity contribution in [1.29, 1.82) is 0 Å². The van der Waals surface area contributed by atoms with Crippen LogP contribution in [0.2, 0.25) is 5.02 Å². The number of nitrogens with one attached hydrogen (secondary N) is 1. The van der Waals surface area contributed by atoms with E-state index in [1.807, 2.05) is 0 Å². The molecule has 1 aromatic rings. The summed E-state index contributed by atoms with van der Waals surface area (Å²) >= 11 is 9.08. The predicted molar refractivity (Wildman–Crippen MR) is 72.8 cm³/mol. The second kappa shape index (κ2) is 6.30. The fraction of sp³-hybridized carbons (Fsp3) is 0.500. The lowest BCUT2D eigenvalue weighted by atomic mass is 9.96. The first-order valence-electron chi connectivity index (χ1n) is 5.86. The van der Waals surface area contributed by atoms with Crippen LogP contribution < -0.4 is 11.3 Å². The molecule has 0 aromatic heterocycles. The SMILES string of the molecule is NNC(c1ccc(Br)c(Cl)c1F)C1CCCCO1. The molecule has 3 nitrogen and oxygen atoms in total. The Labute approximate surface area is 119 Å². The van der Waals surface area contributed by atoms with Crippen LogP contribution in [0.5, 0.6) is 0 Å². The molecule has 0 spiro atoms. The van der Waals surface area contributed by atoms with Gasteiger partial charge in [-0.1, -0.05) is 17.7 Å². The summed E-state index contributed by atoms with van der Waals surface area (Å²) in [5.74, 6) is 5.09. The highest BCUT2D eigenvalue weighted by atomic mass is 79.9. The van der Waals surface area contributed by atoms with Gasteiger partial charge in [-0.2, -0.15) is 0 Å². The van der Waals surface area contributed by atoms with E-state index < -0.39 is 5.82 Å². The summed E-state index contributed by atoms with van der Waals surface area (Å²) in [5, 5.41) is 0.0727. The summed E-state index contributed by atoms with van der Waals surface area (Å²) in [7, 11) is 0. The molecule has 0 saturated carbocycles. The Kier molecular flexibility index (Phi) is 4.98. The zero-order valence-electron chi connectivity index (χ0n) is 9.76. The van der Waals surface area contributed by atoms with Crippen molar-refractivity contribution in [2.24, 2.45) is 5.84 Å². The van der Waals surface area contributed by atoms with Gasteiger partial charge in [0.25, 0.3) is 0 Å². The minimum absolute atomic E-state index is 0.0727. The topological polar surface area (TPSA) is 47.3 Å². The van der Waals surface area contributed by atoms with E-state index in [4.69, 9.17) is 22.2 Å². The molecule has 1 fully saturated rings. The van der Waals surface area contributed by atoms with Gasteiger partial charge in [0.05, 0.1) is 17.2 Å². The Hall–Kier alpha value is -0.200. The van der Waals surface area contributed by atoms with Crippen molar-refractivity contribution in [2.45, 2.75) is 31.4 Å². The molecule has 1 aliphatic heterocycles. The summed E-state index contributed by atoms with van der Waals surface area (Å²) < 4.78 is 20.3. The highest BCUT2D eigenvalue weighted by molar-refractivity contribution is 9.10. The largest absolute Gasteiger partial charge is 0.376 e. The third-order valence-corrected chi connectivity index (χ3v) is 4.42. The predicted octanol–water partition coefficient (Wildman–Crippen LogP) is 3.32. The normalized spacial score (nSPS) is 21.9. The van der Waals surface area contributed by atoms with Crippen molar-refractivity contribution >= 4 is 27.5 Å². The molecule has 2 unspecified atom stereocenters. The first-order valence-corrected chi connectivity index (χ1v) is 7.03. The Morgan fingerprint density at radius 3 is 2.89 bits per heavy atom. The zero-order chi connectivity index (χ0) is 13.1. The van der Waals surface area contributed by atoms with E-state index in [-0.39, 0.29) is 17.2 Å². The van der Waals surface area contributed by atoms with Crippen LogP contribution >= 0.6 is 27.5 Å². The average molecular weight is 338 g/mol. The van der Waals surface area contributed by atoms with Crippen molar-refractivity contribution in [3.8, 4) is 0 Å². The minimum Gasteiger partial charge on any atom is -0.376 e. The number of rotatable bonds is 3. The molecule has 2 rings (SSSR count). The maximum absolute atomic E-state index is 14.1. The highest BCUT2D eigenvalue weighted by Crippen LogP contribution is 2.33. The Bertz CT molecular complexity index is 427. The first-order chi connectivity index (χ1) is 8.65. The Morgan fingerprint density at radius 1 is 1.50 bits per heavy atom. The number of hydrogen-bond donors (Lipinski definition) is 2. The molecule has 1 aliphatic rings. The maximum Gasteiger partial charge on any atom is 0.147 e. The van der Waals surface area contributed by atoms with E-state index in [1.54, 1.807) is 12.1 Å². The van der Waals surface area contributed by atoms with Crippen molar-refractivity contribution in [2.75, 3.05) is 6.61 Å². The number of benzene rings is 1.